The summed E-state index contributed by atoms with van der Waals surface area (Å²) < 4.78 is 5.62. The molecule has 0 spiro atoms. The number of carbonyl (C=O) groups is 2. The second-order valence-corrected chi connectivity index (χ2v) is 8.00. The van der Waals surface area contributed by atoms with Gasteiger partial charge in [-0.05, 0) is 43.4 Å². The second kappa shape index (κ2) is 11.6. The van der Waals surface area contributed by atoms with Crippen molar-refractivity contribution >= 4 is 23.4 Å². The smallest absolute Gasteiger partial charge is 0.222 e. The molecule has 0 atom stereocenters. The number of halogens is 1. The molecule has 0 bridgehead atoms. The first-order valence-electron chi connectivity index (χ1n) is 10.6. The summed E-state index contributed by atoms with van der Waals surface area (Å²) in [5, 5.41) is 3.66. The molecule has 1 N–H and O–H groups in total. The topological polar surface area (TPSA) is 58.6 Å². The summed E-state index contributed by atoms with van der Waals surface area (Å²) in [7, 11) is 0. The van der Waals surface area contributed by atoms with Crippen molar-refractivity contribution in [2.24, 2.45) is 0 Å². The van der Waals surface area contributed by atoms with Crippen molar-refractivity contribution in [3.63, 3.8) is 0 Å². The number of nitrogens with one attached hydrogen (secondary N) is 1. The number of amides is 2. The summed E-state index contributed by atoms with van der Waals surface area (Å²) >= 11 is 6.05. The largest absolute Gasteiger partial charge is 0.492 e. The van der Waals surface area contributed by atoms with Gasteiger partial charge in [0.1, 0.15) is 5.75 Å². The van der Waals surface area contributed by atoms with Gasteiger partial charge < -0.3 is 15.0 Å². The van der Waals surface area contributed by atoms with E-state index in [4.69, 9.17) is 16.3 Å². The van der Waals surface area contributed by atoms with Gasteiger partial charge in [0.25, 0.3) is 0 Å². The zero-order valence-electron chi connectivity index (χ0n) is 17.2. The zero-order chi connectivity index (χ0) is 21.2. The molecule has 1 heterocycles. The molecule has 2 aromatic rings. The molecule has 0 saturated carbocycles. The van der Waals surface area contributed by atoms with Gasteiger partial charge in [-0.15, -0.1) is 0 Å². The average molecular weight is 429 g/mol. The first kappa shape index (κ1) is 22.2. The highest BCUT2D eigenvalue weighted by Gasteiger charge is 2.23. The first-order valence-corrected chi connectivity index (χ1v) is 11.0. The van der Waals surface area contributed by atoms with E-state index in [9.17, 15) is 9.59 Å². The highest BCUT2D eigenvalue weighted by atomic mass is 35.5. The van der Waals surface area contributed by atoms with Crippen LogP contribution in [0.2, 0.25) is 5.02 Å². The molecule has 1 aliphatic heterocycles. The lowest BCUT2D eigenvalue weighted by atomic mass is 10.0. The normalized spacial score (nSPS) is 14.4. The van der Waals surface area contributed by atoms with Crippen LogP contribution in [0.15, 0.2) is 54.6 Å². The summed E-state index contributed by atoms with van der Waals surface area (Å²) in [6.45, 7) is 1.86. The molecular formula is C24H29ClN2O3. The Morgan fingerprint density at radius 3 is 2.43 bits per heavy atom. The van der Waals surface area contributed by atoms with E-state index in [1.807, 2.05) is 41.3 Å². The lowest BCUT2D eigenvalue weighted by Gasteiger charge is -2.32. The molecule has 0 aromatic heterocycles. The molecule has 2 aromatic carbocycles. The van der Waals surface area contributed by atoms with Crippen molar-refractivity contribution in [1.29, 1.82) is 0 Å². The summed E-state index contributed by atoms with van der Waals surface area (Å²) in [6.07, 6.45) is 3.96. The van der Waals surface area contributed by atoms with E-state index in [1.165, 1.54) is 5.56 Å². The summed E-state index contributed by atoms with van der Waals surface area (Å²) in [5.41, 5.74) is 1.19. The van der Waals surface area contributed by atoms with E-state index in [2.05, 4.69) is 17.4 Å². The van der Waals surface area contributed by atoms with Crippen molar-refractivity contribution < 1.29 is 14.3 Å². The van der Waals surface area contributed by atoms with Crippen LogP contribution in [0, 0.1) is 0 Å². The molecule has 30 heavy (non-hydrogen) atoms. The number of rotatable bonds is 9. The Labute approximate surface area is 183 Å². The van der Waals surface area contributed by atoms with Crippen LogP contribution in [-0.2, 0) is 16.0 Å². The molecule has 2 amide bonds. The highest BCUT2D eigenvalue weighted by molar-refractivity contribution is 6.32. The Hall–Kier alpha value is -2.53. The van der Waals surface area contributed by atoms with Crippen LogP contribution in [0.5, 0.6) is 5.75 Å². The SMILES string of the molecule is O=C(CCCOc1ccccc1Cl)NC1CCN(C(=O)CCc2ccccc2)CC1. The number of nitrogens with zero attached hydrogens (tertiary/aromatic N) is 1. The van der Waals surface area contributed by atoms with E-state index >= 15 is 0 Å². The van der Waals surface area contributed by atoms with Crippen molar-refractivity contribution in [3.05, 3.63) is 65.2 Å². The predicted molar refractivity (Wildman–Crippen MR) is 119 cm³/mol. The van der Waals surface area contributed by atoms with Crippen LogP contribution in [-0.4, -0.2) is 42.5 Å². The third-order valence-electron chi connectivity index (χ3n) is 5.33. The molecular weight excluding hydrogens is 400 g/mol. The van der Waals surface area contributed by atoms with E-state index in [0.717, 1.165) is 19.3 Å². The number of ether oxygens (including phenoxy) is 1. The van der Waals surface area contributed by atoms with Crippen molar-refractivity contribution in [1.82, 2.24) is 10.2 Å². The minimum atomic E-state index is 0.0339. The van der Waals surface area contributed by atoms with Gasteiger partial charge in [0, 0.05) is 32.0 Å². The molecule has 0 unspecified atom stereocenters. The molecule has 160 valence electrons. The minimum absolute atomic E-state index is 0.0339. The first-order chi connectivity index (χ1) is 14.6. The van der Waals surface area contributed by atoms with Crippen LogP contribution < -0.4 is 10.1 Å². The summed E-state index contributed by atoms with van der Waals surface area (Å²) in [6, 6.07) is 17.5. The lowest BCUT2D eigenvalue weighted by Crippen LogP contribution is -2.46. The fourth-order valence-electron chi connectivity index (χ4n) is 3.60. The van der Waals surface area contributed by atoms with Gasteiger partial charge in [0.2, 0.25) is 11.8 Å². The van der Waals surface area contributed by atoms with Gasteiger partial charge in [-0.3, -0.25) is 9.59 Å². The molecule has 0 aliphatic carbocycles. The van der Waals surface area contributed by atoms with Gasteiger partial charge in [-0.1, -0.05) is 54.1 Å². The fraction of sp³-hybridized carbons (Fsp3) is 0.417. The molecule has 1 aliphatic rings. The van der Waals surface area contributed by atoms with Crippen molar-refractivity contribution in [2.75, 3.05) is 19.7 Å². The number of para-hydroxylation sites is 1. The maximum Gasteiger partial charge on any atom is 0.222 e. The maximum absolute atomic E-state index is 12.4. The third-order valence-corrected chi connectivity index (χ3v) is 5.64. The number of piperidine rings is 1. The average Bonchev–Trinajstić information content (AvgIpc) is 2.77. The Bertz CT molecular complexity index is 820. The quantitative estimate of drug-likeness (QED) is 0.608. The molecule has 6 heteroatoms. The Balaban J connectivity index is 1.29. The van der Waals surface area contributed by atoms with Crippen LogP contribution in [0.4, 0.5) is 0 Å². The maximum atomic E-state index is 12.4. The second-order valence-electron chi connectivity index (χ2n) is 7.59. The molecule has 5 nitrogen and oxygen atoms in total. The molecule has 1 fully saturated rings. The summed E-state index contributed by atoms with van der Waals surface area (Å²) in [5.74, 6) is 0.871. The van der Waals surface area contributed by atoms with Crippen LogP contribution in [0.25, 0.3) is 0 Å². The number of likely N-dealkylation sites (tertiary alicyclic amines) is 1. The minimum Gasteiger partial charge on any atom is -0.492 e. The third kappa shape index (κ3) is 7.06. The van der Waals surface area contributed by atoms with Crippen molar-refractivity contribution in [2.45, 2.75) is 44.6 Å². The van der Waals surface area contributed by atoms with E-state index < -0.39 is 0 Å². The van der Waals surface area contributed by atoms with E-state index in [0.29, 0.717) is 49.7 Å². The number of hydrogen-bond acceptors (Lipinski definition) is 3. The van der Waals surface area contributed by atoms with E-state index in [-0.39, 0.29) is 17.9 Å². The highest BCUT2D eigenvalue weighted by Crippen LogP contribution is 2.23. The van der Waals surface area contributed by atoms with Gasteiger partial charge >= 0.3 is 0 Å². The monoisotopic (exact) mass is 428 g/mol. The van der Waals surface area contributed by atoms with Crippen molar-refractivity contribution in [3.8, 4) is 5.75 Å². The number of aryl methyl sites for hydroxylation is 1. The predicted octanol–water partition coefficient (Wildman–Crippen LogP) is 4.24. The van der Waals surface area contributed by atoms with Crippen LogP contribution >= 0.6 is 11.6 Å². The number of hydrogen-bond donors (Lipinski definition) is 1. The zero-order valence-corrected chi connectivity index (χ0v) is 17.9. The Kier molecular flexibility index (Phi) is 8.57. The standard InChI is InChI=1S/C24H29ClN2O3/c25-21-9-4-5-10-22(21)30-18-6-11-23(28)26-20-14-16-27(17-15-20)24(29)13-12-19-7-2-1-3-8-19/h1-5,7-10,20H,6,11-18H2,(H,26,28). The Morgan fingerprint density at radius 1 is 1.00 bits per heavy atom. The van der Waals surface area contributed by atoms with Gasteiger partial charge in [0.05, 0.1) is 11.6 Å². The Morgan fingerprint density at radius 2 is 1.70 bits per heavy atom. The molecule has 0 radical (unpaired) electrons. The van der Waals surface area contributed by atoms with Crippen LogP contribution in [0.3, 0.4) is 0 Å². The summed E-state index contributed by atoms with van der Waals surface area (Å²) in [4.78, 5) is 26.5. The molecule has 3 rings (SSSR count). The van der Waals surface area contributed by atoms with E-state index in [1.54, 1.807) is 6.07 Å². The van der Waals surface area contributed by atoms with Crippen LogP contribution in [0.1, 0.15) is 37.7 Å². The fourth-order valence-corrected chi connectivity index (χ4v) is 3.79. The lowest BCUT2D eigenvalue weighted by molar-refractivity contribution is -0.132. The number of carbonyl (C=O) groups excluding carboxylic acids is 2. The number of benzene rings is 2. The van der Waals surface area contributed by atoms with Gasteiger partial charge in [0.15, 0.2) is 0 Å². The van der Waals surface area contributed by atoms with Gasteiger partial charge in [-0.25, -0.2) is 0 Å². The van der Waals surface area contributed by atoms with Gasteiger partial charge in [-0.2, -0.15) is 0 Å². The molecule has 1 saturated heterocycles.